The second kappa shape index (κ2) is 15.7. The lowest BCUT2D eigenvalue weighted by Crippen LogP contribution is -2.55. The van der Waals surface area contributed by atoms with E-state index in [0.717, 1.165) is 11.3 Å². The topological polar surface area (TPSA) is 135 Å². The summed E-state index contributed by atoms with van der Waals surface area (Å²) in [6.07, 6.45) is -6.10. The smallest absolute Gasteiger partial charge is 0.407 e. The predicted molar refractivity (Wildman–Crippen MR) is 179 cm³/mol. The van der Waals surface area contributed by atoms with E-state index in [1.165, 1.54) is 25.2 Å². The average molecular weight is 735 g/mol. The van der Waals surface area contributed by atoms with Gasteiger partial charge in [0.1, 0.15) is 11.9 Å². The summed E-state index contributed by atoms with van der Waals surface area (Å²) in [7, 11) is -1.77. The van der Waals surface area contributed by atoms with Gasteiger partial charge in [0.05, 0.1) is 18.3 Å². The van der Waals surface area contributed by atoms with Gasteiger partial charge >= 0.3 is 12.3 Å². The number of hydrogen-bond acceptors (Lipinski definition) is 7. The van der Waals surface area contributed by atoms with Gasteiger partial charge in [0.15, 0.2) is 0 Å². The van der Waals surface area contributed by atoms with Crippen LogP contribution in [0.15, 0.2) is 42.5 Å². The molecule has 2 bridgehead atoms. The third-order valence-corrected chi connectivity index (χ3v) is 12.1. The number of nitrogens with one attached hydrogen (secondary N) is 2. The molecule has 0 aromatic heterocycles. The van der Waals surface area contributed by atoms with Crippen LogP contribution in [0.25, 0.3) is 0 Å². The first-order valence-corrected chi connectivity index (χ1v) is 18.4. The number of carbonyl (C=O) groups excluding carboxylic acids is 1. The van der Waals surface area contributed by atoms with Gasteiger partial charge in [-0.25, -0.2) is 13.5 Å². The van der Waals surface area contributed by atoms with Crippen LogP contribution in [0.2, 0.25) is 5.02 Å². The Morgan fingerprint density at radius 1 is 1.18 bits per heavy atom. The molecule has 3 aliphatic rings. The maximum atomic E-state index is 15.4. The van der Waals surface area contributed by atoms with Gasteiger partial charge in [-0.3, -0.25) is 18.8 Å². The molecule has 2 aromatic rings. The van der Waals surface area contributed by atoms with Crippen LogP contribution in [0.5, 0.6) is 0 Å². The Balaban J connectivity index is 1.43. The molecule has 0 radical (unpaired) electrons. The summed E-state index contributed by atoms with van der Waals surface area (Å²) in [5, 5.41) is 16.7. The summed E-state index contributed by atoms with van der Waals surface area (Å²) in [6, 6.07) is 8.96. The lowest BCUT2D eigenvalue weighted by atomic mass is 9.74. The van der Waals surface area contributed by atoms with Gasteiger partial charge in [0.2, 0.25) is 5.91 Å². The average Bonchev–Trinajstić information content (AvgIpc) is 3.14. The molecule has 7 atom stereocenters. The highest BCUT2D eigenvalue weighted by Crippen LogP contribution is 2.49. The van der Waals surface area contributed by atoms with Crippen molar-refractivity contribution in [1.29, 1.82) is 0 Å². The summed E-state index contributed by atoms with van der Waals surface area (Å²) in [5.41, 5.74) is 0.796. The standard InChI is InChI=1S/C33H43ClF4N4O6S/c1-41(32(44)45)30(29(20-7-9-22(34)10-8-20)21-13-14-48-25(16-21)17-33(36,37)38)31(43)40-28-6-2-5-27(35)26(28)12-11-24-18-39-23-4-3-15-49(46,47)42(24)19-23/h2,5-10,21,23-25,29-30,39,46-47H,3-4,11-19H2,1H3,(H,40,43)(H,44,45)/t21-,23+,24-,25+,29-,30-/m0/s1. The number of carbonyl (C=O) groups is 2. The number of halogens is 5. The summed E-state index contributed by atoms with van der Waals surface area (Å²) in [6.45, 7) is 0.928. The minimum Gasteiger partial charge on any atom is -0.465 e. The molecule has 3 heterocycles. The number of nitrogens with zero attached hydrogens (tertiary/aromatic N) is 2. The van der Waals surface area contributed by atoms with Gasteiger partial charge in [-0.15, -0.1) is 10.8 Å². The molecular formula is C33H43ClF4N4O6S. The third kappa shape index (κ3) is 9.37. The quantitative estimate of drug-likeness (QED) is 0.166. The molecule has 3 aliphatic heterocycles. The van der Waals surface area contributed by atoms with E-state index in [-0.39, 0.29) is 55.0 Å². The van der Waals surface area contributed by atoms with Crippen molar-refractivity contribution in [3.8, 4) is 0 Å². The lowest BCUT2D eigenvalue weighted by Gasteiger charge is -2.49. The van der Waals surface area contributed by atoms with Gasteiger partial charge in [0.25, 0.3) is 0 Å². The van der Waals surface area contributed by atoms with E-state index in [2.05, 4.69) is 10.6 Å². The molecule has 1 unspecified atom stereocenters. The maximum Gasteiger partial charge on any atom is 0.407 e. The Morgan fingerprint density at radius 2 is 1.92 bits per heavy atom. The molecule has 0 spiro atoms. The van der Waals surface area contributed by atoms with E-state index < -0.39 is 65.2 Å². The van der Waals surface area contributed by atoms with Gasteiger partial charge in [-0.2, -0.15) is 13.2 Å². The fourth-order valence-corrected chi connectivity index (χ4v) is 9.44. The number of amides is 2. The first-order valence-electron chi connectivity index (χ1n) is 16.4. The van der Waals surface area contributed by atoms with Gasteiger partial charge in [-0.1, -0.05) is 29.8 Å². The number of benzene rings is 2. The molecule has 5 N–H and O–H groups in total. The zero-order valence-electron chi connectivity index (χ0n) is 27.0. The molecule has 16 heteroatoms. The summed E-state index contributed by atoms with van der Waals surface area (Å²) in [5.74, 6) is -2.59. The highest BCUT2D eigenvalue weighted by Gasteiger charge is 2.44. The van der Waals surface area contributed by atoms with Crippen LogP contribution < -0.4 is 10.6 Å². The Labute approximate surface area is 289 Å². The lowest BCUT2D eigenvalue weighted by molar-refractivity contribution is -0.170. The van der Waals surface area contributed by atoms with Gasteiger partial charge in [-0.05, 0) is 74.3 Å². The minimum absolute atomic E-state index is 0.00680. The van der Waals surface area contributed by atoms with E-state index >= 15 is 4.39 Å². The minimum atomic E-state index is -4.48. The van der Waals surface area contributed by atoms with Crippen molar-refractivity contribution in [3.05, 3.63) is 64.4 Å². The van der Waals surface area contributed by atoms with Crippen molar-refractivity contribution >= 4 is 40.1 Å². The summed E-state index contributed by atoms with van der Waals surface area (Å²) < 4.78 is 84.4. The van der Waals surface area contributed by atoms with Crippen LogP contribution in [0.4, 0.5) is 28.0 Å². The van der Waals surface area contributed by atoms with Crippen LogP contribution in [-0.2, 0) is 16.0 Å². The zero-order valence-corrected chi connectivity index (χ0v) is 28.6. The Morgan fingerprint density at radius 3 is 2.61 bits per heavy atom. The van der Waals surface area contributed by atoms with Gasteiger partial charge in [0, 0.05) is 61.0 Å². The number of hydrogen-bond donors (Lipinski definition) is 5. The van der Waals surface area contributed by atoms with E-state index in [9.17, 15) is 37.0 Å². The Hall–Kier alpha value is -2.66. The molecule has 272 valence electrons. The van der Waals surface area contributed by atoms with Crippen LogP contribution in [0.1, 0.15) is 55.6 Å². The number of piperazine rings is 1. The molecular weight excluding hydrogens is 692 g/mol. The van der Waals surface area contributed by atoms with Crippen molar-refractivity contribution < 1.29 is 46.1 Å². The number of anilines is 1. The monoisotopic (exact) mass is 734 g/mol. The predicted octanol–water partition coefficient (Wildman–Crippen LogP) is 6.96. The van der Waals surface area contributed by atoms with Crippen LogP contribution in [0.3, 0.4) is 0 Å². The highest BCUT2D eigenvalue weighted by atomic mass is 35.5. The number of ether oxygens (including phenoxy) is 1. The number of alkyl halides is 3. The van der Waals surface area contributed by atoms with Crippen molar-refractivity contribution in [2.45, 2.75) is 81.3 Å². The van der Waals surface area contributed by atoms with E-state index in [1.54, 1.807) is 28.6 Å². The normalized spacial score (nSPS) is 27.3. The first-order chi connectivity index (χ1) is 23.1. The van der Waals surface area contributed by atoms with E-state index in [4.69, 9.17) is 16.3 Å². The zero-order chi connectivity index (χ0) is 35.5. The van der Waals surface area contributed by atoms with Crippen LogP contribution >= 0.6 is 22.4 Å². The third-order valence-electron chi connectivity index (χ3n) is 9.86. The van der Waals surface area contributed by atoms with Crippen LogP contribution in [-0.4, -0.2) is 98.3 Å². The number of likely N-dealkylation sites (N-methyl/N-ethyl adjacent to an activating group) is 1. The molecule has 10 nitrogen and oxygen atoms in total. The Kier molecular flexibility index (Phi) is 12.0. The van der Waals surface area contributed by atoms with Gasteiger partial charge < -0.3 is 20.5 Å². The molecule has 49 heavy (non-hydrogen) atoms. The first kappa shape index (κ1) is 37.6. The second-order valence-electron chi connectivity index (χ2n) is 13.1. The largest absolute Gasteiger partial charge is 0.465 e. The van der Waals surface area contributed by atoms with E-state index in [1.807, 2.05) is 0 Å². The molecule has 2 aromatic carbocycles. The SMILES string of the molecule is CN(C(=O)O)[C@H](C(=O)Nc1cccc(F)c1CC[C@H]1CN[C@@H]2CCCS(O)(O)N1C2)[C@@H](c1ccc(Cl)cc1)[C@H]1CCO[C@@H](CC(F)(F)F)C1. The fourth-order valence-electron chi connectivity index (χ4n) is 7.45. The van der Waals surface area contributed by atoms with Crippen LogP contribution in [0, 0.1) is 11.7 Å². The Bertz CT molecular complexity index is 1470. The number of rotatable bonds is 10. The molecule has 0 saturated carbocycles. The molecule has 3 fully saturated rings. The van der Waals surface area contributed by atoms with Crippen molar-refractivity contribution in [1.82, 2.24) is 14.5 Å². The number of carboxylic acid groups (broad SMARTS) is 1. The molecule has 3 saturated heterocycles. The molecule has 0 aliphatic carbocycles. The van der Waals surface area contributed by atoms with Crippen molar-refractivity contribution in [2.24, 2.45) is 5.92 Å². The van der Waals surface area contributed by atoms with E-state index in [0.29, 0.717) is 36.5 Å². The second-order valence-corrected chi connectivity index (χ2v) is 15.7. The van der Waals surface area contributed by atoms with Crippen molar-refractivity contribution in [3.63, 3.8) is 0 Å². The molecule has 5 rings (SSSR count). The van der Waals surface area contributed by atoms with Crippen molar-refractivity contribution in [2.75, 3.05) is 37.8 Å². The summed E-state index contributed by atoms with van der Waals surface area (Å²) in [4.78, 5) is 27.5. The fraction of sp³-hybridized carbons (Fsp3) is 0.576. The summed E-state index contributed by atoms with van der Waals surface area (Å²) >= 11 is 6.13. The number of fused-ring (bicyclic) bond motifs is 2. The maximum absolute atomic E-state index is 15.4. The highest BCUT2D eigenvalue weighted by molar-refractivity contribution is 8.22. The molecule has 2 amide bonds.